The number of furan rings is 1. The molecule has 2 bridgehead atoms. The van der Waals surface area contributed by atoms with Crippen molar-refractivity contribution < 1.29 is 39.2 Å². The van der Waals surface area contributed by atoms with Gasteiger partial charge in [-0.05, 0) is 73.5 Å². The Bertz CT molecular complexity index is 1040. The number of rotatable bonds is 7. The van der Waals surface area contributed by atoms with Crippen LogP contribution in [0.2, 0.25) is 0 Å². The number of fused-ring (bicyclic) bond motifs is 1. The zero-order chi connectivity index (χ0) is 25.9. The number of carbonyl (C=O) groups is 2. The molecule has 9 heteroatoms. The van der Waals surface area contributed by atoms with Crippen LogP contribution in [0, 0.1) is 5.92 Å². The van der Waals surface area contributed by atoms with Gasteiger partial charge in [0.2, 0.25) is 0 Å². The second kappa shape index (κ2) is 11.0. The molecule has 1 aromatic carbocycles. The van der Waals surface area contributed by atoms with Gasteiger partial charge in [-0.1, -0.05) is 18.9 Å². The van der Waals surface area contributed by atoms with Gasteiger partial charge in [-0.15, -0.1) is 0 Å². The van der Waals surface area contributed by atoms with Crippen molar-refractivity contribution in [2.24, 2.45) is 5.92 Å². The number of ether oxygens (including phenoxy) is 1. The minimum absolute atomic E-state index is 0.395. The Balaban J connectivity index is 0.000000261. The van der Waals surface area contributed by atoms with Gasteiger partial charge in [0.15, 0.2) is 12.2 Å². The lowest BCUT2D eigenvalue weighted by Crippen LogP contribution is -2.61. The SMILES string of the molecule is COc1ccc2c(c1)[C@@]13CCCC[C@H]1[C@@H](C2)N(CCc1ccco1)CC3.O=C(O)[C@H](O)[C@@H](O)C(=O)O. The third-order valence-electron chi connectivity index (χ3n) is 8.19. The normalized spacial score (nSPS) is 26.4. The quantitative estimate of drug-likeness (QED) is 0.450. The molecular formula is C27H35NO8. The number of likely N-dealkylation sites (tertiary alicyclic amines) is 1. The molecule has 3 aliphatic rings. The number of carboxylic acids is 2. The predicted octanol–water partition coefficient (Wildman–Crippen LogP) is 2.47. The third kappa shape index (κ3) is 5.14. The highest BCUT2D eigenvalue weighted by Gasteiger charge is 2.53. The molecule has 196 valence electrons. The van der Waals surface area contributed by atoms with Crippen molar-refractivity contribution in [3.05, 3.63) is 53.5 Å². The summed E-state index contributed by atoms with van der Waals surface area (Å²) in [5.41, 5.74) is 3.58. The summed E-state index contributed by atoms with van der Waals surface area (Å²) in [6.45, 7) is 2.34. The first-order chi connectivity index (χ1) is 17.3. The Morgan fingerprint density at radius 3 is 2.53 bits per heavy atom. The van der Waals surface area contributed by atoms with Gasteiger partial charge in [0, 0.05) is 24.4 Å². The van der Waals surface area contributed by atoms with Gasteiger partial charge in [-0.3, -0.25) is 4.90 Å². The van der Waals surface area contributed by atoms with Crippen LogP contribution in [0.25, 0.3) is 0 Å². The molecule has 0 amide bonds. The summed E-state index contributed by atoms with van der Waals surface area (Å²) in [5.74, 6) is -0.585. The number of hydrogen-bond acceptors (Lipinski definition) is 7. The molecule has 0 radical (unpaired) electrons. The molecule has 0 spiro atoms. The van der Waals surface area contributed by atoms with Crippen LogP contribution in [-0.4, -0.2) is 75.7 Å². The van der Waals surface area contributed by atoms with E-state index in [1.54, 1.807) is 24.5 Å². The van der Waals surface area contributed by atoms with Crippen LogP contribution < -0.4 is 4.74 Å². The predicted molar refractivity (Wildman–Crippen MR) is 130 cm³/mol. The molecule has 1 saturated carbocycles. The third-order valence-corrected chi connectivity index (χ3v) is 8.19. The Morgan fingerprint density at radius 2 is 1.89 bits per heavy atom. The fraction of sp³-hybridized carbons (Fsp3) is 0.556. The minimum Gasteiger partial charge on any atom is -0.497 e. The molecular weight excluding hydrogens is 466 g/mol. The van der Waals surface area contributed by atoms with Crippen LogP contribution in [0.15, 0.2) is 41.0 Å². The second-order valence-corrected chi connectivity index (χ2v) is 9.98. The molecule has 5 atom stereocenters. The highest BCUT2D eigenvalue weighted by Crippen LogP contribution is 2.56. The van der Waals surface area contributed by atoms with E-state index in [1.165, 1.54) is 45.1 Å². The number of aliphatic hydroxyl groups excluding tert-OH is 2. The van der Waals surface area contributed by atoms with Crippen LogP contribution in [-0.2, 0) is 27.8 Å². The van der Waals surface area contributed by atoms with Crippen molar-refractivity contribution in [1.82, 2.24) is 4.90 Å². The van der Waals surface area contributed by atoms with Crippen LogP contribution in [0.3, 0.4) is 0 Å². The van der Waals surface area contributed by atoms with Crippen molar-refractivity contribution in [2.75, 3.05) is 20.2 Å². The van der Waals surface area contributed by atoms with Crippen molar-refractivity contribution in [2.45, 2.75) is 68.6 Å². The smallest absolute Gasteiger partial charge is 0.335 e. The summed E-state index contributed by atoms with van der Waals surface area (Å²) in [6, 6.07) is 11.7. The molecule has 1 aliphatic heterocycles. The summed E-state index contributed by atoms with van der Waals surface area (Å²) in [7, 11) is 1.79. The zero-order valence-electron chi connectivity index (χ0n) is 20.5. The van der Waals surface area contributed by atoms with E-state index in [4.69, 9.17) is 29.6 Å². The largest absolute Gasteiger partial charge is 0.497 e. The first-order valence-electron chi connectivity index (χ1n) is 12.5. The number of methoxy groups -OCH3 is 1. The fourth-order valence-corrected chi connectivity index (χ4v) is 6.45. The Labute approximate surface area is 210 Å². The van der Waals surface area contributed by atoms with Crippen LogP contribution in [0.4, 0.5) is 0 Å². The van der Waals surface area contributed by atoms with Gasteiger partial charge < -0.3 is 29.6 Å². The summed E-state index contributed by atoms with van der Waals surface area (Å²) in [4.78, 5) is 22.3. The molecule has 36 heavy (non-hydrogen) atoms. The van der Waals surface area contributed by atoms with Crippen molar-refractivity contribution in [1.29, 1.82) is 0 Å². The van der Waals surface area contributed by atoms with Gasteiger partial charge >= 0.3 is 11.9 Å². The Hall–Kier alpha value is -2.88. The fourth-order valence-electron chi connectivity index (χ4n) is 6.45. The lowest BCUT2D eigenvalue weighted by atomic mass is 9.52. The summed E-state index contributed by atoms with van der Waals surface area (Å²) in [5, 5.41) is 32.5. The van der Waals surface area contributed by atoms with E-state index >= 15 is 0 Å². The number of piperidine rings is 1. The maximum absolute atomic E-state index is 9.77. The molecule has 1 saturated heterocycles. The standard InChI is InChI=1S/C23H29NO2.C4H6O6/c1-25-19-8-7-17-15-22-20-6-2-3-10-23(20,21(17)16-19)11-13-24(22)12-9-18-5-4-14-26-18;5-1(3(7)8)2(6)4(9)10/h4-5,7-8,14,16,20,22H,2-3,6,9-13,15H2,1H3;1-2,5-6H,(H,7,8)(H,9,10)/t20-,22+,23+;1-,2-/m01/s1. The minimum atomic E-state index is -2.27. The number of carboxylic acid groups (broad SMARTS) is 2. The Morgan fingerprint density at radius 1 is 1.14 bits per heavy atom. The van der Waals surface area contributed by atoms with Crippen LogP contribution in [0.1, 0.15) is 49.0 Å². The van der Waals surface area contributed by atoms with Crippen LogP contribution >= 0.6 is 0 Å². The molecule has 1 aromatic heterocycles. The summed E-state index contributed by atoms with van der Waals surface area (Å²) >= 11 is 0. The van der Waals surface area contributed by atoms with Gasteiger partial charge in [-0.25, -0.2) is 9.59 Å². The average molecular weight is 502 g/mol. The molecule has 0 unspecified atom stereocenters. The highest BCUT2D eigenvalue weighted by molar-refractivity contribution is 5.83. The topological polar surface area (TPSA) is 141 Å². The molecule has 2 aromatic rings. The second-order valence-electron chi connectivity index (χ2n) is 9.98. The van der Waals surface area contributed by atoms with Crippen molar-refractivity contribution in [3.8, 4) is 5.75 Å². The molecule has 4 N–H and O–H groups in total. The lowest BCUT2D eigenvalue weighted by Gasteiger charge is -2.59. The maximum Gasteiger partial charge on any atom is 0.335 e. The lowest BCUT2D eigenvalue weighted by molar-refractivity contribution is -0.165. The number of aliphatic hydroxyl groups is 2. The zero-order valence-corrected chi connectivity index (χ0v) is 20.5. The van der Waals surface area contributed by atoms with Gasteiger partial charge in [-0.2, -0.15) is 0 Å². The van der Waals surface area contributed by atoms with Gasteiger partial charge in [0.05, 0.1) is 13.4 Å². The van der Waals surface area contributed by atoms with E-state index < -0.39 is 24.1 Å². The van der Waals surface area contributed by atoms with E-state index in [-0.39, 0.29) is 0 Å². The van der Waals surface area contributed by atoms with E-state index in [9.17, 15) is 9.59 Å². The maximum atomic E-state index is 9.77. The van der Waals surface area contributed by atoms with Crippen molar-refractivity contribution in [3.63, 3.8) is 0 Å². The average Bonchev–Trinajstić information content (AvgIpc) is 3.41. The summed E-state index contributed by atoms with van der Waals surface area (Å²) < 4.78 is 11.1. The summed E-state index contributed by atoms with van der Waals surface area (Å²) in [6.07, 6.45) is 6.31. The first-order valence-corrected chi connectivity index (χ1v) is 12.5. The van der Waals surface area contributed by atoms with Crippen molar-refractivity contribution >= 4 is 11.9 Å². The number of aliphatic carboxylic acids is 2. The molecule has 9 nitrogen and oxygen atoms in total. The van der Waals surface area contributed by atoms with Gasteiger partial charge in [0.25, 0.3) is 0 Å². The monoisotopic (exact) mass is 501 g/mol. The number of benzene rings is 1. The number of nitrogens with zero attached hydrogens (tertiary/aromatic N) is 1. The van der Waals surface area contributed by atoms with E-state index in [2.05, 4.69) is 29.2 Å². The van der Waals surface area contributed by atoms with Crippen LogP contribution in [0.5, 0.6) is 5.75 Å². The molecule has 2 fully saturated rings. The molecule has 5 rings (SSSR count). The molecule has 2 aliphatic carbocycles. The first kappa shape index (κ1) is 26.2. The number of hydrogen-bond donors (Lipinski definition) is 4. The van der Waals surface area contributed by atoms with E-state index in [0.29, 0.717) is 11.5 Å². The van der Waals surface area contributed by atoms with E-state index in [0.717, 1.165) is 30.4 Å². The Kier molecular flexibility index (Phi) is 8.02. The molecule has 2 heterocycles. The van der Waals surface area contributed by atoms with E-state index in [1.807, 2.05) is 6.07 Å². The highest BCUT2D eigenvalue weighted by atomic mass is 16.5. The van der Waals surface area contributed by atoms with Gasteiger partial charge in [0.1, 0.15) is 11.5 Å².